The number of esters is 1. The number of carbonyl (C=O) groups excluding carboxylic acids is 3. The molecule has 1 atom stereocenters. The van der Waals surface area contributed by atoms with Crippen LogP contribution in [0.15, 0.2) is 59.4 Å². The topological polar surface area (TPSA) is 157 Å². The largest absolute Gasteiger partial charge is 0.504 e. The summed E-state index contributed by atoms with van der Waals surface area (Å²) >= 11 is 0. The second-order valence-electron chi connectivity index (χ2n) is 8.74. The third kappa shape index (κ3) is 7.78. The van der Waals surface area contributed by atoms with Crippen molar-refractivity contribution in [1.82, 2.24) is 16.1 Å². The standard InChI is InChI=1S/C29H34N4O8/c1-6-9-20-12-18(13-23(27(20)35)39-7-2)15-30-33-24(34)16-41-21-11-10-19(14-22(21)38-5)26-25(28(36)40-8-3)17(4)31-29(37)32-26/h6,10-15,26,35H,1,7-9,16H2,2-5H3,(H,33,34)(H2,31,32,37)/b30-15-/t26-/m0/s1. The fraction of sp³-hybridized carbons (Fsp3) is 0.310. The third-order valence-electron chi connectivity index (χ3n) is 5.89. The van der Waals surface area contributed by atoms with Gasteiger partial charge in [0.15, 0.2) is 29.6 Å². The fourth-order valence-electron chi connectivity index (χ4n) is 4.10. The van der Waals surface area contributed by atoms with Crippen LogP contribution in [0.25, 0.3) is 0 Å². The Morgan fingerprint density at radius 3 is 2.59 bits per heavy atom. The quantitative estimate of drug-likeness (QED) is 0.125. The van der Waals surface area contributed by atoms with Gasteiger partial charge in [-0.25, -0.2) is 15.0 Å². The first kappa shape index (κ1) is 30.5. The molecular weight excluding hydrogens is 532 g/mol. The number of aromatic hydroxyl groups is 1. The Bertz CT molecular complexity index is 1370. The summed E-state index contributed by atoms with van der Waals surface area (Å²) in [6.07, 6.45) is 3.51. The van der Waals surface area contributed by atoms with E-state index in [9.17, 15) is 19.5 Å². The first-order valence-electron chi connectivity index (χ1n) is 12.9. The van der Waals surface area contributed by atoms with Gasteiger partial charge >= 0.3 is 12.0 Å². The number of hydrogen-bond donors (Lipinski definition) is 4. The smallest absolute Gasteiger partial charge is 0.338 e. The van der Waals surface area contributed by atoms with Crippen molar-refractivity contribution in [3.8, 4) is 23.0 Å². The zero-order valence-corrected chi connectivity index (χ0v) is 23.4. The molecule has 0 fully saturated rings. The van der Waals surface area contributed by atoms with Crippen LogP contribution >= 0.6 is 0 Å². The van der Waals surface area contributed by atoms with E-state index in [1.54, 1.807) is 57.2 Å². The number of nitrogens with zero attached hydrogens (tertiary/aromatic N) is 1. The van der Waals surface area contributed by atoms with E-state index in [0.29, 0.717) is 41.2 Å². The number of amides is 3. The van der Waals surface area contributed by atoms with Gasteiger partial charge in [-0.1, -0.05) is 12.1 Å². The number of allylic oxidation sites excluding steroid dienone is 2. The molecule has 3 amide bonds. The van der Waals surface area contributed by atoms with Gasteiger partial charge in [0, 0.05) is 11.3 Å². The van der Waals surface area contributed by atoms with Crippen LogP contribution in [0.1, 0.15) is 43.5 Å². The molecule has 0 aromatic heterocycles. The van der Waals surface area contributed by atoms with Crippen molar-refractivity contribution in [2.24, 2.45) is 5.10 Å². The Kier molecular flexibility index (Phi) is 10.7. The van der Waals surface area contributed by atoms with Crippen LogP contribution in [0.3, 0.4) is 0 Å². The second kappa shape index (κ2) is 14.4. The van der Waals surface area contributed by atoms with E-state index < -0.39 is 23.9 Å². The molecule has 41 heavy (non-hydrogen) atoms. The Morgan fingerprint density at radius 2 is 1.90 bits per heavy atom. The second-order valence-corrected chi connectivity index (χ2v) is 8.74. The van der Waals surface area contributed by atoms with Crippen LogP contribution < -0.4 is 30.3 Å². The summed E-state index contributed by atoms with van der Waals surface area (Å²) in [5, 5.41) is 19.6. The lowest BCUT2D eigenvalue weighted by atomic mass is 9.95. The van der Waals surface area contributed by atoms with Gasteiger partial charge in [-0.2, -0.15) is 5.10 Å². The van der Waals surface area contributed by atoms with Gasteiger partial charge < -0.3 is 34.7 Å². The predicted octanol–water partition coefficient (Wildman–Crippen LogP) is 3.25. The molecule has 2 aromatic rings. The molecule has 218 valence electrons. The molecule has 3 rings (SSSR count). The minimum absolute atomic E-state index is 0.0344. The Morgan fingerprint density at radius 1 is 1.12 bits per heavy atom. The van der Waals surface area contributed by atoms with Gasteiger partial charge in [0.25, 0.3) is 5.91 Å². The number of rotatable bonds is 13. The zero-order chi connectivity index (χ0) is 29.9. The number of nitrogens with one attached hydrogen (secondary N) is 3. The van der Waals surface area contributed by atoms with E-state index in [1.165, 1.54) is 13.3 Å². The highest BCUT2D eigenvalue weighted by Gasteiger charge is 2.32. The monoisotopic (exact) mass is 566 g/mol. The number of phenols is 1. The third-order valence-corrected chi connectivity index (χ3v) is 5.89. The van der Waals surface area contributed by atoms with Crippen molar-refractivity contribution in [3.63, 3.8) is 0 Å². The van der Waals surface area contributed by atoms with E-state index in [2.05, 4.69) is 27.7 Å². The SMILES string of the molecule is C=CCc1cc(/C=N\NC(=O)COc2ccc([C@@H]3NC(=O)NC(C)=C3C(=O)OCC)cc2OC)cc(OCC)c1O. The van der Waals surface area contributed by atoms with Gasteiger partial charge in [0.1, 0.15) is 0 Å². The van der Waals surface area contributed by atoms with Gasteiger partial charge in [0.2, 0.25) is 0 Å². The van der Waals surface area contributed by atoms with Gasteiger partial charge in [-0.15, -0.1) is 6.58 Å². The average Bonchev–Trinajstić information content (AvgIpc) is 2.94. The number of hydrazone groups is 1. The highest BCUT2D eigenvalue weighted by Crippen LogP contribution is 2.35. The first-order chi connectivity index (χ1) is 19.7. The van der Waals surface area contributed by atoms with E-state index in [-0.39, 0.29) is 36.0 Å². The summed E-state index contributed by atoms with van der Waals surface area (Å²) in [5.74, 6) is -0.193. The molecule has 1 aliphatic heterocycles. The lowest BCUT2D eigenvalue weighted by Crippen LogP contribution is -2.45. The van der Waals surface area contributed by atoms with Crippen molar-refractivity contribution >= 4 is 24.1 Å². The van der Waals surface area contributed by atoms with E-state index in [0.717, 1.165) is 0 Å². The lowest BCUT2D eigenvalue weighted by Gasteiger charge is -2.28. The van der Waals surface area contributed by atoms with Crippen molar-refractivity contribution in [2.45, 2.75) is 33.2 Å². The summed E-state index contributed by atoms with van der Waals surface area (Å²) < 4.78 is 21.7. The maximum Gasteiger partial charge on any atom is 0.338 e. The Balaban J connectivity index is 1.69. The van der Waals surface area contributed by atoms with Gasteiger partial charge in [0.05, 0.1) is 38.2 Å². The zero-order valence-electron chi connectivity index (χ0n) is 23.4. The molecule has 4 N–H and O–H groups in total. The van der Waals surface area contributed by atoms with Crippen LogP contribution in [-0.4, -0.2) is 56.2 Å². The molecule has 0 bridgehead atoms. The molecule has 12 heteroatoms. The van der Waals surface area contributed by atoms with E-state index in [4.69, 9.17) is 18.9 Å². The number of ether oxygens (including phenoxy) is 4. The molecular formula is C29H34N4O8. The minimum atomic E-state index is -0.779. The molecule has 0 saturated carbocycles. The number of hydrogen-bond acceptors (Lipinski definition) is 9. The molecule has 0 radical (unpaired) electrons. The average molecular weight is 567 g/mol. The molecule has 1 aliphatic rings. The molecule has 12 nitrogen and oxygen atoms in total. The predicted molar refractivity (Wildman–Crippen MR) is 151 cm³/mol. The molecule has 0 unspecified atom stereocenters. The van der Waals surface area contributed by atoms with Crippen LogP contribution in [0.4, 0.5) is 4.79 Å². The van der Waals surface area contributed by atoms with Crippen molar-refractivity contribution in [1.29, 1.82) is 0 Å². The van der Waals surface area contributed by atoms with Crippen molar-refractivity contribution in [2.75, 3.05) is 26.9 Å². The van der Waals surface area contributed by atoms with E-state index >= 15 is 0 Å². The van der Waals surface area contributed by atoms with Gasteiger partial charge in [-0.05, 0) is 62.6 Å². The van der Waals surface area contributed by atoms with Crippen molar-refractivity contribution in [3.05, 3.63) is 70.9 Å². The Hall–Kier alpha value is -5.00. The molecule has 0 aliphatic carbocycles. The van der Waals surface area contributed by atoms with Crippen LogP contribution in [0.2, 0.25) is 0 Å². The number of methoxy groups -OCH3 is 1. The maximum absolute atomic E-state index is 12.6. The molecule has 2 aromatic carbocycles. The fourth-order valence-corrected chi connectivity index (χ4v) is 4.10. The maximum atomic E-state index is 12.6. The highest BCUT2D eigenvalue weighted by atomic mass is 16.5. The number of benzene rings is 2. The minimum Gasteiger partial charge on any atom is -0.504 e. The summed E-state index contributed by atoms with van der Waals surface area (Å²) in [6.45, 7) is 8.99. The van der Waals surface area contributed by atoms with E-state index in [1.807, 2.05) is 0 Å². The van der Waals surface area contributed by atoms with Gasteiger partial charge in [-0.3, -0.25) is 4.79 Å². The molecule has 1 heterocycles. The first-order valence-corrected chi connectivity index (χ1v) is 12.9. The normalized spacial score (nSPS) is 14.6. The van der Waals surface area contributed by atoms with Crippen LogP contribution in [-0.2, 0) is 20.7 Å². The number of carbonyl (C=O) groups is 3. The summed E-state index contributed by atoms with van der Waals surface area (Å²) in [5.41, 5.74) is 4.81. The van der Waals surface area contributed by atoms with Crippen LogP contribution in [0, 0.1) is 0 Å². The van der Waals surface area contributed by atoms with Crippen LogP contribution in [0.5, 0.6) is 23.0 Å². The summed E-state index contributed by atoms with van der Waals surface area (Å²) in [4.78, 5) is 37.1. The summed E-state index contributed by atoms with van der Waals surface area (Å²) in [6, 6.07) is 6.91. The number of urea groups is 1. The number of phenolic OH excluding ortho intramolecular Hbond substituents is 1. The summed E-state index contributed by atoms with van der Waals surface area (Å²) in [7, 11) is 1.43. The molecule has 0 spiro atoms. The molecule has 0 saturated heterocycles. The highest BCUT2D eigenvalue weighted by molar-refractivity contribution is 5.95. The lowest BCUT2D eigenvalue weighted by molar-refractivity contribution is -0.139. The van der Waals surface area contributed by atoms with Crippen molar-refractivity contribution < 1.29 is 38.4 Å². The Labute approximate surface area is 238 Å².